The summed E-state index contributed by atoms with van der Waals surface area (Å²) in [5, 5.41) is 0.488. The molecule has 0 unspecified atom stereocenters. The summed E-state index contributed by atoms with van der Waals surface area (Å²) in [5.41, 5.74) is 1.68. The van der Waals surface area contributed by atoms with E-state index in [0.717, 1.165) is 11.1 Å². The van der Waals surface area contributed by atoms with E-state index >= 15 is 0 Å². The number of rotatable bonds is 7. The van der Waals surface area contributed by atoms with Crippen LogP contribution in [-0.2, 0) is 4.57 Å². The van der Waals surface area contributed by atoms with Crippen LogP contribution in [0.1, 0.15) is 11.1 Å². The summed E-state index contributed by atoms with van der Waals surface area (Å²) < 4.78 is 26.5. The van der Waals surface area contributed by atoms with E-state index in [1.807, 2.05) is 103 Å². The molecule has 4 aromatic carbocycles. The molecule has 0 aliphatic rings. The molecule has 0 spiro atoms. The second-order valence-corrected chi connectivity index (χ2v) is 8.45. The highest BCUT2D eigenvalue weighted by Gasteiger charge is 2.35. The summed E-state index contributed by atoms with van der Waals surface area (Å²) in [6.45, 7) is 0. The largest absolute Gasteiger partial charge is 0.463 e. The first-order valence-electron chi connectivity index (χ1n) is 9.65. The highest BCUT2D eigenvalue weighted by atomic mass is 31.2. The molecule has 0 radical (unpaired) electrons. The average Bonchev–Trinajstić information content (AvgIpc) is 2.80. The molecule has 4 aromatic rings. The van der Waals surface area contributed by atoms with Crippen molar-refractivity contribution in [2.24, 2.45) is 0 Å². The van der Waals surface area contributed by atoms with Crippen molar-refractivity contribution in [2.45, 2.75) is 0 Å². The lowest BCUT2D eigenvalue weighted by Crippen LogP contribution is -2.04. The average molecular weight is 412 g/mol. The molecule has 0 atom stereocenters. The van der Waals surface area contributed by atoms with Crippen LogP contribution in [0.4, 0.5) is 0 Å². The van der Waals surface area contributed by atoms with Gasteiger partial charge in [-0.15, -0.1) is 0 Å². The Bertz CT molecular complexity index is 1100. The second kappa shape index (κ2) is 9.30. The van der Waals surface area contributed by atoms with E-state index in [1.165, 1.54) is 0 Å². The van der Waals surface area contributed by atoms with E-state index in [9.17, 15) is 4.57 Å². The lowest BCUT2D eigenvalue weighted by molar-refractivity contribution is 0.400. The molecular formula is C26H21O3P. The molecule has 3 nitrogen and oxygen atoms in total. The normalized spacial score (nSPS) is 11.7. The summed E-state index contributed by atoms with van der Waals surface area (Å²) in [7, 11) is -3.80. The van der Waals surface area contributed by atoms with Crippen LogP contribution in [0.5, 0.6) is 11.5 Å². The Morgan fingerprint density at radius 3 is 1.43 bits per heavy atom. The van der Waals surface area contributed by atoms with E-state index in [0.29, 0.717) is 16.8 Å². The minimum absolute atomic E-state index is 0.478. The first kappa shape index (κ1) is 19.8. The van der Waals surface area contributed by atoms with E-state index in [1.54, 1.807) is 24.3 Å². The third-order valence-corrected chi connectivity index (χ3v) is 6.28. The monoisotopic (exact) mass is 412 g/mol. The van der Waals surface area contributed by atoms with Crippen molar-refractivity contribution in [2.75, 3.05) is 0 Å². The lowest BCUT2D eigenvalue weighted by Gasteiger charge is -2.23. The molecule has 0 heterocycles. The van der Waals surface area contributed by atoms with Gasteiger partial charge in [0.2, 0.25) is 0 Å². The zero-order valence-corrected chi connectivity index (χ0v) is 17.2. The maximum atomic E-state index is 14.3. The highest BCUT2D eigenvalue weighted by molar-refractivity contribution is 7.66. The molecule has 0 bridgehead atoms. The van der Waals surface area contributed by atoms with Gasteiger partial charge in [-0.3, -0.25) is 0 Å². The van der Waals surface area contributed by atoms with Crippen molar-refractivity contribution in [3.63, 3.8) is 0 Å². The lowest BCUT2D eigenvalue weighted by atomic mass is 10.1. The molecule has 0 saturated carbocycles. The SMILES string of the molecule is O=P(Oc1ccccc1)(Oc1ccccc1)/C(=C/c1ccccc1)c1ccccc1. The maximum absolute atomic E-state index is 14.3. The van der Waals surface area contributed by atoms with Crippen LogP contribution < -0.4 is 9.05 Å². The molecule has 0 aromatic heterocycles. The van der Waals surface area contributed by atoms with Gasteiger partial charge in [-0.05, 0) is 41.5 Å². The minimum atomic E-state index is -3.80. The molecule has 0 aliphatic heterocycles. The van der Waals surface area contributed by atoms with E-state index in [-0.39, 0.29) is 0 Å². The van der Waals surface area contributed by atoms with Crippen LogP contribution in [0, 0.1) is 0 Å². The number of hydrogen-bond acceptors (Lipinski definition) is 3. The highest BCUT2D eigenvalue weighted by Crippen LogP contribution is 2.60. The van der Waals surface area contributed by atoms with Gasteiger partial charge in [0, 0.05) is 0 Å². The first-order valence-corrected chi connectivity index (χ1v) is 11.2. The smallest absolute Gasteiger partial charge is 0.413 e. The molecule has 4 rings (SSSR count). The van der Waals surface area contributed by atoms with E-state index in [2.05, 4.69) is 0 Å². The predicted molar refractivity (Wildman–Crippen MR) is 123 cm³/mol. The standard InChI is InChI=1S/C26H21O3P/c27-30(28-24-17-9-3-10-18-24,29-25-19-11-4-12-20-25)26(23-15-7-2-8-16-23)21-22-13-5-1-6-14-22/h1-21H/b26-21+. The molecule has 0 saturated heterocycles. The fourth-order valence-electron chi connectivity index (χ4n) is 2.99. The Morgan fingerprint density at radius 2 is 0.967 bits per heavy atom. The van der Waals surface area contributed by atoms with Crippen LogP contribution >= 0.6 is 7.60 Å². The Labute approximate surface area is 176 Å². The maximum Gasteiger partial charge on any atom is 0.463 e. The Balaban J connectivity index is 1.86. The van der Waals surface area contributed by atoms with Gasteiger partial charge >= 0.3 is 7.60 Å². The Morgan fingerprint density at radius 1 is 0.567 bits per heavy atom. The summed E-state index contributed by atoms with van der Waals surface area (Å²) in [4.78, 5) is 0. The molecule has 30 heavy (non-hydrogen) atoms. The zero-order valence-electron chi connectivity index (χ0n) is 16.3. The Hall–Kier alpha value is -3.55. The van der Waals surface area contributed by atoms with Gasteiger partial charge in [0.25, 0.3) is 0 Å². The molecule has 0 N–H and O–H groups in total. The van der Waals surface area contributed by atoms with Gasteiger partial charge in [-0.25, -0.2) is 4.57 Å². The number of hydrogen-bond donors (Lipinski definition) is 0. The van der Waals surface area contributed by atoms with Crippen LogP contribution in [0.25, 0.3) is 11.4 Å². The van der Waals surface area contributed by atoms with Crippen LogP contribution in [0.2, 0.25) is 0 Å². The van der Waals surface area contributed by atoms with E-state index < -0.39 is 7.60 Å². The van der Waals surface area contributed by atoms with Crippen LogP contribution in [0.3, 0.4) is 0 Å². The van der Waals surface area contributed by atoms with Crippen molar-refractivity contribution < 1.29 is 13.6 Å². The van der Waals surface area contributed by atoms with Gasteiger partial charge < -0.3 is 9.05 Å². The minimum Gasteiger partial charge on any atom is -0.413 e. The van der Waals surface area contributed by atoms with E-state index in [4.69, 9.17) is 9.05 Å². The molecule has 0 aliphatic carbocycles. The molecule has 148 valence electrons. The third kappa shape index (κ3) is 4.89. The second-order valence-electron chi connectivity index (χ2n) is 6.61. The number of benzene rings is 4. The fraction of sp³-hybridized carbons (Fsp3) is 0. The van der Waals surface area contributed by atoms with Crippen molar-refractivity contribution in [1.29, 1.82) is 0 Å². The van der Waals surface area contributed by atoms with Gasteiger partial charge in [0.05, 0.1) is 5.31 Å². The van der Waals surface area contributed by atoms with Crippen molar-refractivity contribution in [3.8, 4) is 11.5 Å². The quantitative estimate of drug-likeness (QED) is 0.232. The predicted octanol–water partition coefficient (Wildman–Crippen LogP) is 7.54. The zero-order chi connectivity index (χ0) is 20.7. The van der Waals surface area contributed by atoms with Crippen LogP contribution in [0.15, 0.2) is 121 Å². The third-order valence-electron chi connectivity index (χ3n) is 4.41. The summed E-state index contributed by atoms with van der Waals surface area (Å²) in [5.74, 6) is 0.957. The Kier molecular flexibility index (Phi) is 6.12. The molecule has 0 amide bonds. The van der Waals surface area contributed by atoms with Gasteiger partial charge in [0.15, 0.2) is 0 Å². The van der Waals surface area contributed by atoms with Crippen molar-refractivity contribution >= 4 is 19.0 Å². The summed E-state index contributed by atoms with van der Waals surface area (Å²) in [6, 6.07) is 37.5. The summed E-state index contributed by atoms with van der Waals surface area (Å²) >= 11 is 0. The van der Waals surface area contributed by atoms with Gasteiger partial charge in [-0.1, -0.05) is 97.1 Å². The van der Waals surface area contributed by atoms with Crippen molar-refractivity contribution in [3.05, 3.63) is 132 Å². The number of para-hydroxylation sites is 2. The molecule has 4 heteroatoms. The topological polar surface area (TPSA) is 35.5 Å². The van der Waals surface area contributed by atoms with Gasteiger partial charge in [0.1, 0.15) is 11.5 Å². The van der Waals surface area contributed by atoms with Crippen LogP contribution in [-0.4, -0.2) is 0 Å². The summed E-state index contributed by atoms with van der Waals surface area (Å²) in [6.07, 6.45) is 1.86. The fourth-order valence-corrected chi connectivity index (χ4v) is 4.80. The first-order chi connectivity index (χ1) is 14.7. The van der Waals surface area contributed by atoms with Gasteiger partial charge in [-0.2, -0.15) is 0 Å². The van der Waals surface area contributed by atoms with Crippen molar-refractivity contribution in [1.82, 2.24) is 0 Å². The molecular weight excluding hydrogens is 391 g/mol. The molecule has 0 fully saturated rings.